The van der Waals surface area contributed by atoms with Gasteiger partial charge < -0.3 is 4.90 Å². The van der Waals surface area contributed by atoms with E-state index in [4.69, 9.17) is 0 Å². The van der Waals surface area contributed by atoms with Crippen LogP contribution < -0.4 is 4.90 Å². The summed E-state index contributed by atoms with van der Waals surface area (Å²) in [7, 11) is -1.24. The fraction of sp³-hybridized carbons (Fsp3) is 0.0847. The maximum Gasteiger partial charge on any atom is 0.0546 e. The van der Waals surface area contributed by atoms with E-state index in [-0.39, 0.29) is 5.41 Å². The average molecular weight is 802 g/mol. The maximum absolute atomic E-state index is 2.55. The molecule has 11 rings (SSSR count). The van der Waals surface area contributed by atoms with E-state index in [0.717, 1.165) is 17.1 Å². The van der Waals surface area contributed by atoms with Gasteiger partial charge >= 0.3 is 0 Å². The summed E-state index contributed by atoms with van der Waals surface area (Å²) in [5.41, 5.74) is 20.9. The van der Waals surface area contributed by atoms with Crippen molar-refractivity contribution in [1.82, 2.24) is 0 Å². The number of rotatable bonds is 7. The first-order valence-corrected chi connectivity index (χ1v) is 23.7. The zero-order valence-electron chi connectivity index (χ0n) is 35.1. The lowest BCUT2D eigenvalue weighted by Crippen LogP contribution is -2.17. The summed E-state index contributed by atoms with van der Waals surface area (Å²) in [4.78, 5) is 5.46. The van der Waals surface area contributed by atoms with Gasteiger partial charge in [0.2, 0.25) is 0 Å². The van der Waals surface area contributed by atoms with Crippen LogP contribution in [0.4, 0.5) is 17.1 Å². The summed E-state index contributed by atoms with van der Waals surface area (Å²) in [5, 5.41) is 0. The highest BCUT2D eigenvalue weighted by Gasteiger charge is 2.37. The van der Waals surface area contributed by atoms with Crippen molar-refractivity contribution in [1.29, 1.82) is 0 Å². The SMILES string of the molecule is CC1(C)c2ccccc2-c2ccc(N(c3ccc(-c4ccccc4)cc3-c3ccccc3)c3cccc(-c4ccccc4)c3-c3ccc4c(c3)S(C)(C)c3ccccc3-4)cc21. The maximum atomic E-state index is 2.55. The summed E-state index contributed by atoms with van der Waals surface area (Å²) in [6.07, 6.45) is 4.92. The Morgan fingerprint density at radius 2 is 0.902 bits per heavy atom. The van der Waals surface area contributed by atoms with Crippen LogP contribution in [0.25, 0.3) is 66.8 Å². The second kappa shape index (κ2) is 14.4. The number of hydrogen-bond acceptors (Lipinski definition) is 1. The van der Waals surface area contributed by atoms with Gasteiger partial charge in [0, 0.05) is 32.0 Å². The van der Waals surface area contributed by atoms with Crippen molar-refractivity contribution in [3.63, 3.8) is 0 Å². The molecule has 0 atom stereocenters. The Hall–Kier alpha value is -6.87. The molecule has 1 aliphatic carbocycles. The third kappa shape index (κ3) is 6.00. The van der Waals surface area contributed by atoms with Gasteiger partial charge in [-0.2, -0.15) is 10.0 Å². The summed E-state index contributed by atoms with van der Waals surface area (Å²) in [5.74, 6) is 0. The molecule has 1 heterocycles. The number of nitrogens with zero attached hydrogens (tertiary/aromatic N) is 1. The highest BCUT2D eigenvalue weighted by atomic mass is 32.3. The molecule has 61 heavy (non-hydrogen) atoms. The highest BCUT2D eigenvalue weighted by molar-refractivity contribution is 8.33. The number of hydrogen-bond donors (Lipinski definition) is 0. The minimum absolute atomic E-state index is 0.162. The minimum Gasteiger partial charge on any atom is -0.309 e. The number of anilines is 3. The smallest absolute Gasteiger partial charge is 0.0546 e. The molecule has 0 fully saturated rings. The topological polar surface area (TPSA) is 3.24 Å². The fourth-order valence-electron chi connectivity index (χ4n) is 10.1. The van der Waals surface area contributed by atoms with Crippen molar-refractivity contribution >= 4 is 27.1 Å². The third-order valence-electron chi connectivity index (χ3n) is 13.2. The summed E-state index contributed by atoms with van der Waals surface area (Å²) in [6.45, 7) is 4.76. The van der Waals surface area contributed by atoms with Crippen LogP contribution in [0.2, 0.25) is 0 Å². The Kier molecular flexibility index (Phi) is 8.77. The molecule has 2 aliphatic rings. The molecule has 0 N–H and O–H groups in total. The van der Waals surface area contributed by atoms with Crippen LogP contribution in [-0.2, 0) is 5.41 Å². The largest absolute Gasteiger partial charge is 0.309 e. The van der Waals surface area contributed by atoms with Gasteiger partial charge in [0.15, 0.2) is 0 Å². The Bertz CT molecular complexity index is 3130. The lowest BCUT2D eigenvalue weighted by molar-refractivity contribution is 0.660. The van der Waals surface area contributed by atoms with E-state index >= 15 is 0 Å². The van der Waals surface area contributed by atoms with Gasteiger partial charge in [0.25, 0.3) is 0 Å². The van der Waals surface area contributed by atoms with Crippen molar-refractivity contribution in [3.8, 4) is 66.8 Å². The molecular formula is C59H47NS. The standard InChI is InChI=1S/C59H47NS/c1-59(2)52-28-16-14-25-47(52)48-35-33-45(39-53(48)59)60(54-36-32-43(40-19-8-5-9-20-40)37-51(54)42-23-12-7-13-24-42)55-29-18-27-46(41-21-10-6-11-22-41)58(55)44-31-34-50-49-26-15-17-30-56(49)61(3,4)57(50)38-44/h5-39H,1-4H3. The van der Waals surface area contributed by atoms with Crippen LogP contribution in [0.5, 0.6) is 0 Å². The zero-order chi connectivity index (χ0) is 41.3. The van der Waals surface area contributed by atoms with Crippen LogP contribution in [0.15, 0.2) is 222 Å². The monoisotopic (exact) mass is 801 g/mol. The Morgan fingerprint density at radius 1 is 0.344 bits per heavy atom. The predicted molar refractivity (Wildman–Crippen MR) is 262 cm³/mol. The fourth-order valence-corrected chi connectivity index (χ4v) is 12.6. The first kappa shape index (κ1) is 37.2. The van der Waals surface area contributed by atoms with Crippen molar-refractivity contribution in [2.45, 2.75) is 29.1 Å². The van der Waals surface area contributed by atoms with E-state index in [1.165, 1.54) is 87.7 Å². The lowest BCUT2D eigenvalue weighted by atomic mass is 9.82. The molecule has 0 saturated heterocycles. The van der Waals surface area contributed by atoms with Gasteiger partial charge in [-0.15, -0.1) is 0 Å². The second-order valence-corrected chi connectivity index (χ2v) is 20.8. The predicted octanol–water partition coefficient (Wildman–Crippen LogP) is 16.6. The Morgan fingerprint density at radius 3 is 1.64 bits per heavy atom. The molecule has 0 aromatic heterocycles. The lowest BCUT2D eigenvalue weighted by Gasteiger charge is -2.33. The van der Waals surface area contributed by atoms with Gasteiger partial charge in [0.05, 0.1) is 11.4 Å². The quantitative estimate of drug-likeness (QED) is 0.155. The molecule has 0 radical (unpaired) electrons. The third-order valence-corrected chi connectivity index (χ3v) is 16.1. The molecule has 1 nitrogen and oxygen atoms in total. The van der Waals surface area contributed by atoms with Crippen LogP contribution in [0.3, 0.4) is 0 Å². The van der Waals surface area contributed by atoms with E-state index < -0.39 is 10.0 Å². The van der Waals surface area contributed by atoms with Crippen molar-refractivity contribution in [2.24, 2.45) is 0 Å². The molecular weight excluding hydrogens is 755 g/mol. The molecule has 2 heteroatoms. The van der Waals surface area contributed by atoms with Crippen LogP contribution in [-0.4, -0.2) is 12.5 Å². The number of fused-ring (bicyclic) bond motifs is 6. The average Bonchev–Trinajstić information content (AvgIpc) is 3.69. The van der Waals surface area contributed by atoms with Gasteiger partial charge in [-0.3, -0.25) is 0 Å². The van der Waals surface area contributed by atoms with Gasteiger partial charge in [-0.1, -0.05) is 184 Å². The van der Waals surface area contributed by atoms with Crippen LogP contribution in [0, 0.1) is 0 Å². The highest BCUT2D eigenvalue weighted by Crippen LogP contribution is 2.68. The molecule has 0 amide bonds. The summed E-state index contributed by atoms with van der Waals surface area (Å²) < 4.78 is 0. The van der Waals surface area contributed by atoms with Gasteiger partial charge in [0.1, 0.15) is 0 Å². The summed E-state index contributed by atoms with van der Waals surface area (Å²) in [6, 6.07) is 79.0. The van der Waals surface area contributed by atoms with Crippen molar-refractivity contribution < 1.29 is 0 Å². The van der Waals surface area contributed by atoms with E-state index in [1.54, 1.807) is 0 Å². The molecule has 0 unspecified atom stereocenters. The molecule has 9 aromatic rings. The molecule has 294 valence electrons. The van der Waals surface area contributed by atoms with E-state index in [2.05, 4.69) is 244 Å². The second-order valence-electron chi connectivity index (χ2n) is 17.3. The molecule has 0 saturated carbocycles. The first-order chi connectivity index (χ1) is 29.8. The minimum atomic E-state index is -1.24. The molecule has 0 bridgehead atoms. The Balaban J connectivity index is 1.22. The van der Waals surface area contributed by atoms with E-state index in [1.807, 2.05) is 0 Å². The van der Waals surface area contributed by atoms with E-state index in [9.17, 15) is 0 Å². The molecule has 1 aliphatic heterocycles. The van der Waals surface area contributed by atoms with Gasteiger partial charge in [-0.05, 0) is 122 Å². The van der Waals surface area contributed by atoms with Crippen LogP contribution in [0.1, 0.15) is 25.0 Å². The molecule has 9 aromatic carbocycles. The number of benzene rings is 9. The van der Waals surface area contributed by atoms with Crippen molar-refractivity contribution in [3.05, 3.63) is 223 Å². The summed E-state index contributed by atoms with van der Waals surface area (Å²) >= 11 is 0. The van der Waals surface area contributed by atoms with Gasteiger partial charge in [-0.25, -0.2) is 0 Å². The Labute approximate surface area is 362 Å². The molecule has 0 spiro atoms. The van der Waals surface area contributed by atoms with E-state index in [0.29, 0.717) is 0 Å². The zero-order valence-corrected chi connectivity index (χ0v) is 35.9. The van der Waals surface area contributed by atoms with Crippen LogP contribution >= 0.6 is 10.0 Å². The first-order valence-electron chi connectivity index (χ1n) is 21.2. The normalized spacial score (nSPS) is 14.4. The van der Waals surface area contributed by atoms with Crippen molar-refractivity contribution in [2.75, 3.05) is 17.4 Å².